The number of halogens is 2. The summed E-state index contributed by atoms with van der Waals surface area (Å²) in [7, 11) is 0. The largest absolute Gasteiger partial charge is 0.300 e. The van der Waals surface area contributed by atoms with Crippen LogP contribution in [0.5, 0.6) is 0 Å². The van der Waals surface area contributed by atoms with E-state index in [0.29, 0.717) is 0 Å². The zero-order valence-corrected chi connectivity index (χ0v) is 9.10. The fraction of sp³-hybridized carbons (Fsp3) is 0.417. The van der Waals surface area contributed by atoms with Gasteiger partial charge >= 0.3 is 0 Å². The molecule has 0 aliphatic rings. The van der Waals surface area contributed by atoms with Gasteiger partial charge in [0.2, 0.25) is 0 Å². The van der Waals surface area contributed by atoms with Crippen LogP contribution in [0, 0.1) is 11.6 Å². The molecule has 0 heterocycles. The van der Waals surface area contributed by atoms with Crippen molar-refractivity contribution < 1.29 is 13.6 Å². The number of carbonyl (C=O) groups is 1. The topological polar surface area (TPSA) is 17.1 Å². The van der Waals surface area contributed by atoms with Crippen molar-refractivity contribution >= 4 is 5.78 Å². The van der Waals surface area contributed by atoms with Crippen molar-refractivity contribution in [3.8, 4) is 0 Å². The van der Waals surface area contributed by atoms with Gasteiger partial charge in [-0.25, -0.2) is 8.78 Å². The fourth-order valence-electron chi connectivity index (χ4n) is 1.73. The lowest BCUT2D eigenvalue weighted by molar-refractivity contribution is -0.118. The van der Waals surface area contributed by atoms with E-state index in [-0.39, 0.29) is 17.8 Å². The maximum Gasteiger partial charge on any atom is 0.130 e. The normalized spacial score (nSPS) is 11.5. The van der Waals surface area contributed by atoms with E-state index >= 15 is 0 Å². The Kier molecular flexibility index (Phi) is 3.22. The Morgan fingerprint density at radius 3 is 2.47 bits per heavy atom. The summed E-state index contributed by atoms with van der Waals surface area (Å²) in [5, 5.41) is 0. The highest BCUT2D eigenvalue weighted by atomic mass is 19.1. The molecule has 0 radical (unpaired) electrons. The molecule has 0 unspecified atom stereocenters. The molecule has 0 aliphatic heterocycles. The molecular weight excluding hydrogens is 198 g/mol. The number of hydrogen-bond donors (Lipinski definition) is 0. The number of ketones is 1. The van der Waals surface area contributed by atoms with Crippen LogP contribution in [-0.4, -0.2) is 5.78 Å². The van der Waals surface area contributed by atoms with Gasteiger partial charge in [0.1, 0.15) is 17.4 Å². The Morgan fingerprint density at radius 2 is 1.93 bits per heavy atom. The second kappa shape index (κ2) is 4.09. The van der Waals surface area contributed by atoms with Crippen molar-refractivity contribution in [1.82, 2.24) is 0 Å². The van der Waals surface area contributed by atoms with E-state index in [4.69, 9.17) is 0 Å². The quantitative estimate of drug-likeness (QED) is 0.751. The zero-order valence-electron chi connectivity index (χ0n) is 9.10. The maximum atomic E-state index is 13.4. The average molecular weight is 212 g/mol. The SMILES string of the molecule is CC(=O)CC(C)(C)c1cc(F)ccc1F. The van der Waals surface area contributed by atoms with E-state index in [0.717, 1.165) is 18.2 Å². The van der Waals surface area contributed by atoms with Gasteiger partial charge in [-0.1, -0.05) is 13.8 Å². The van der Waals surface area contributed by atoms with Gasteiger partial charge in [0.05, 0.1) is 0 Å². The van der Waals surface area contributed by atoms with E-state index < -0.39 is 17.0 Å². The molecule has 0 atom stereocenters. The van der Waals surface area contributed by atoms with Gasteiger partial charge in [-0.15, -0.1) is 0 Å². The molecule has 1 aromatic rings. The molecule has 0 bridgehead atoms. The van der Waals surface area contributed by atoms with Crippen LogP contribution in [0.3, 0.4) is 0 Å². The van der Waals surface area contributed by atoms with E-state index in [1.54, 1.807) is 13.8 Å². The first-order valence-electron chi connectivity index (χ1n) is 4.78. The molecule has 1 rings (SSSR count). The summed E-state index contributed by atoms with van der Waals surface area (Å²) in [5.74, 6) is -0.991. The van der Waals surface area contributed by atoms with Crippen molar-refractivity contribution in [2.75, 3.05) is 0 Å². The summed E-state index contributed by atoms with van der Waals surface area (Å²) in [6, 6.07) is 3.31. The number of Topliss-reactive ketones (excluding diaryl/α,β-unsaturated/α-hetero) is 1. The molecule has 15 heavy (non-hydrogen) atoms. The van der Waals surface area contributed by atoms with E-state index in [1.807, 2.05) is 0 Å². The molecule has 0 saturated carbocycles. The van der Waals surface area contributed by atoms with Gasteiger partial charge in [-0.3, -0.25) is 4.79 Å². The zero-order chi connectivity index (χ0) is 11.6. The Hall–Kier alpha value is -1.25. The van der Waals surface area contributed by atoms with Gasteiger partial charge in [0, 0.05) is 6.42 Å². The highest BCUT2D eigenvalue weighted by molar-refractivity contribution is 5.77. The third-order valence-electron chi connectivity index (χ3n) is 2.35. The molecule has 0 fully saturated rings. The Labute approximate surface area is 88.1 Å². The lowest BCUT2D eigenvalue weighted by Crippen LogP contribution is -2.22. The summed E-state index contributed by atoms with van der Waals surface area (Å²) < 4.78 is 26.4. The van der Waals surface area contributed by atoms with Gasteiger partial charge in [-0.2, -0.15) is 0 Å². The Bertz CT molecular complexity index is 383. The molecule has 82 valence electrons. The third kappa shape index (κ3) is 2.85. The minimum absolute atomic E-state index is 0.0383. The van der Waals surface area contributed by atoms with Crippen molar-refractivity contribution in [3.05, 3.63) is 35.4 Å². The van der Waals surface area contributed by atoms with Crippen LogP contribution in [0.4, 0.5) is 8.78 Å². The van der Waals surface area contributed by atoms with Gasteiger partial charge < -0.3 is 0 Å². The first kappa shape index (κ1) is 11.8. The summed E-state index contributed by atoms with van der Waals surface area (Å²) in [4.78, 5) is 11.0. The number of hydrogen-bond acceptors (Lipinski definition) is 1. The predicted octanol–water partition coefficient (Wildman–Crippen LogP) is 3.22. The van der Waals surface area contributed by atoms with Crippen LogP contribution in [0.2, 0.25) is 0 Å². The highest BCUT2D eigenvalue weighted by Gasteiger charge is 2.26. The second-order valence-electron chi connectivity index (χ2n) is 4.39. The smallest absolute Gasteiger partial charge is 0.130 e. The van der Waals surface area contributed by atoms with Gasteiger partial charge in [0.15, 0.2) is 0 Å². The van der Waals surface area contributed by atoms with Crippen LogP contribution < -0.4 is 0 Å². The van der Waals surface area contributed by atoms with Crippen LogP contribution in [0.15, 0.2) is 18.2 Å². The first-order chi connectivity index (χ1) is 6.83. The predicted molar refractivity (Wildman–Crippen MR) is 54.7 cm³/mol. The van der Waals surface area contributed by atoms with Crippen LogP contribution in [0.25, 0.3) is 0 Å². The molecule has 0 saturated heterocycles. The molecule has 3 heteroatoms. The highest BCUT2D eigenvalue weighted by Crippen LogP contribution is 2.29. The first-order valence-corrected chi connectivity index (χ1v) is 4.78. The maximum absolute atomic E-state index is 13.4. The molecule has 1 aromatic carbocycles. The van der Waals surface area contributed by atoms with Gasteiger partial charge in [0.25, 0.3) is 0 Å². The summed E-state index contributed by atoms with van der Waals surface area (Å²) >= 11 is 0. The lowest BCUT2D eigenvalue weighted by atomic mass is 9.80. The molecule has 0 spiro atoms. The minimum Gasteiger partial charge on any atom is -0.300 e. The summed E-state index contributed by atoms with van der Waals surface area (Å²) in [6.45, 7) is 4.90. The molecule has 0 aliphatic carbocycles. The lowest BCUT2D eigenvalue weighted by Gasteiger charge is -2.24. The van der Waals surface area contributed by atoms with Crippen LogP contribution in [-0.2, 0) is 10.2 Å². The third-order valence-corrected chi connectivity index (χ3v) is 2.35. The number of carbonyl (C=O) groups excluding carboxylic acids is 1. The molecular formula is C12H14F2O. The van der Waals surface area contributed by atoms with Crippen LogP contribution >= 0.6 is 0 Å². The summed E-state index contributed by atoms with van der Waals surface area (Å²) in [6.07, 6.45) is 0.202. The van der Waals surface area contributed by atoms with Crippen molar-refractivity contribution in [2.24, 2.45) is 0 Å². The van der Waals surface area contributed by atoms with Crippen molar-refractivity contribution in [1.29, 1.82) is 0 Å². The number of rotatable bonds is 3. The molecule has 0 amide bonds. The Morgan fingerprint density at radius 1 is 1.33 bits per heavy atom. The van der Waals surface area contributed by atoms with E-state index in [2.05, 4.69) is 0 Å². The Balaban J connectivity index is 3.13. The molecule has 0 N–H and O–H groups in total. The average Bonchev–Trinajstić information content (AvgIpc) is 2.06. The molecule has 1 nitrogen and oxygen atoms in total. The van der Waals surface area contributed by atoms with E-state index in [9.17, 15) is 13.6 Å². The van der Waals surface area contributed by atoms with Gasteiger partial charge in [-0.05, 0) is 36.1 Å². The standard InChI is InChI=1S/C12H14F2O/c1-8(15)7-12(2,3)10-6-9(13)4-5-11(10)14/h4-6H,7H2,1-3H3. The van der Waals surface area contributed by atoms with Crippen molar-refractivity contribution in [3.63, 3.8) is 0 Å². The van der Waals surface area contributed by atoms with Crippen molar-refractivity contribution in [2.45, 2.75) is 32.6 Å². The van der Waals surface area contributed by atoms with Crippen LogP contribution in [0.1, 0.15) is 32.8 Å². The fourth-order valence-corrected chi connectivity index (χ4v) is 1.73. The number of benzene rings is 1. The second-order valence-corrected chi connectivity index (χ2v) is 4.39. The van der Waals surface area contributed by atoms with E-state index in [1.165, 1.54) is 6.92 Å². The summed E-state index contributed by atoms with van der Waals surface area (Å²) in [5.41, 5.74) is -0.421. The molecule has 0 aromatic heterocycles. The monoisotopic (exact) mass is 212 g/mol. The minimum atomic E-state index is -0.669.